The van der Waals surface area contributed by atoms with Gasteiger partial charge in [0, 0.05) is 51.0 Å². The van der Waals surface area contributed by atoms with Crippen molar-refractivity contribution < 1.29 is 14.0 Å². The monoisotopic (exact) mass is 384 g/mol. The molecule has 0 unspecified atom stereocenters. The van der Waals surface area contributed by atoms with E-state index in [1.54, 1.807) is 40.1 Å². The third-order valence-electron chi connectivity index (χ3n) is 5.04. The Kier molecular flexibility index (Phi) is 6.23. The van der Waals surface area contributed by atoms with Crippen molar-refractivity contribution >= 4 is 17.5 Å². The van der Waals surface area contributed by atoms with Crippen LogP contribution in [0.4, 0.5) is 10.1 Å². The van der Waals surface area contributed by atoms with Crippen molar-refractivity contribution in [2.45, 2.75) is 13.8 Å². The van der Waals surface area contributed by atoms with Gasteiger partial charge in [-0.05, 0) is 38.1 Å². The molecule has 148 valence electrons. The first-order valence-corrected chi connectivity index (χ1v) is 9.59. The van der Waals surface area contributed by atoms with Gasteiger partial charge < -0.3 is 14.7 Å². The molecule has 1 aliphatic rings. The summed E-state index contributed by atoms with van der Waals surface area (Å²) < 4.78 is 14.0. The molecule has 2 aromatic rings. The van der Waals surface area contributed by atoms with Crippen LogP contribution in [0.25, 0.3) is 0 Å². The van der Waals surface area contributed by atoms with Crippen LogP contribution in [0, 0.1) is 5.82 Å². The predicted molar refractivity (Wildman–Crippen MR) is 106 cm³/mol. The zero-order valence-electron chi connectivity index (χ0n) is 16.3. The fourth-order valence-electron chi connectivity index (χ4n) is 3.39. The highest BCUT2D eigenvalue weighted by Crippen LogP contribution is 2.20. The van der Waals surface area contributed by atoms with Crippen LogP contribution in [0.15, 0.2) is 42.6 Å². The van der Waals surface area contributed by atoms with Crippen LogP contribution >= 0.6 is 0 Å². The minimum absolute atomic E-state index is 0.106. The predicted octanol–water partition coefficient (Wildman–Crippen LogP) is 2.67. The molecule has 2 heterocycles. The molecule has 0 bridgehead atoms. The van der Waals surface area contributed by atoms with Crippen LogP contribution in [0.3, 0.4) is 0 Å². The summed E-state index contributed by atoms with van der Waals surface area (Å²) in [5.41, 5.74) is 1.28. The summed E-state index contributed by atoms with van der Waals surface area (Å²) in [5, 5.41) is 0. The van der Waals surface area contributed by atoms with Gasteiger partial charge >= 0.3 is 0 Å². The fourth-order valence-corrected chi connectivity index (χ4v) is 3.39. The number of rotatable bonds is 5. The number of piperazine rings is 1. The van der Waals surface area contributed by atoms with Gasteiger partial charge in [-0.3, -0.25) is 14.6 Å². The summed E-state index contributed by atoms with van der Waals surface area (Å²) >= 11 is 0. The Balaban J connectivity index is 1.68. The Morgan fingerprint density at radius 1 is 1.07 bits per heavy atom. The van der Waals surface area contributed by atoms with Crippen molar-refractivity contribution in [3.63, 3.8) is 0 Å². The van der Waals surface area contributed by atoms with Gasteiger partial charge in [0.2, 0.25) is 0 Å². The van der Waals surface area contributed by atoms with Gasteiger partial charge in [0.05, 0.1) is 5.69 Å². The summed E-state index contributed by atoms with van der Waals surface area (Å²) in [6.45, 7) is 7.10. The fraction of sp³-hybridized carbons (Fsp3) is 0.381. The lowest BCUT2D eigenvalue weighted by Gasteiger charge is -2.36. The number of aromatic nitrogens is 1. The quantitative estimate of drug-likeness (QED) is 0.795. The van der Waals surface area contributed by atoms with E-state index in [0.717, 1.165) is 0 Å². The number of anilines is 1. The molecule has 1 aromatic carbocycles. The summed E-state index contributed by atoms with van der Waals surface area (Å²) in [6.07, 6.45) is 1.50. The number of carbonyl (C=O) groups excluding carboxylic acids is 2. The van der Waals surface area contributed by atoms with Crippen molar-refractivity contribution in [3.8, 4) is 0 Å². The number of benzene rings is 1. The highest BCUT2D eigenvalue weighted by atomic mass is 19.1. The van der Waals surface area contributed by atoms with E-state index in [9.17, 15) is 14.0 Å². The molecule has 0 radical (unpaired) electrons. The minimum atomic E-state index is -0.258. The van der Waals surface area contributed by atoms with Gasteiger partial charge in [-0.15, -0.1) is 0 Å². The first-order chi connectivity index (χ1) is 13.5. The molecule has 0 saturated carbocycles. The van der Waals surface area contributed by atoms with Crippen molar-refractivity contribution in [1.82, 2.24) is 14.8 Å². The summed E-state index contributed by atoms with van der Waals surface area (Å²) in [5.74, 6) is -0.570. The molecular weight excluding hydrogens is 359 g/mol. The van der Waals surface area contributed by atoms with E-state index < -0.39 is 0 Å². The molecule has 3 rings (SSSR count). The maximum atomic E-state index is 14.0. The lowest BCUT2D eigenvalue weighted by Crippen LogP contribution is -2.49. The van der Waals surface area contributed by atoms with E-state index in [1.807, 2.05) is 18.7 Å². The maximum Gasteiger partial charge on any atom is 0.272 e. The average molecular weight is 384 g/mol. The Morgan fingerprint density at radius 2 is 1.75 bits per heavy atom. The van der Waals surface area contributed by atoms with Gasteiger partial charge in [-0.1, -0.05) is 12.1 Å². The standard InChI is InChI=1S/C21H25FN4O2/c1-3-24(4-2)20(27)16-9-10-23-18(15-16)21(28)26-13-11-25(12-14-26)19-8-6-5-7-17(19)22/h5-10,15H,3-4,11-14H2,1-2H3. The Bertz CT molecular complexity index is 846. The van der Waals surface area contributed by atoms with E-state index in [1.165, 1.54) is 12.3 Å². The largest absolute Gasteiger partial charge is 0.366 e. The number of hydrogen-bond acceptors (Lipinski definition) is 4. The zero-order valence-corrected chi connectivity index (χ0v) is 16.3. The molecule has 6 nitrogen and oxygen atoms in total. The third-order valence-corrected chi connectivity index (χ3v) is 5.04. The average Bonchev–Trinajstić information content (AvgIpc) is 2.74. The third kappa shape index (κ3) is 4.13. The highest BCUT2D eigenvalue weighted by molar-refractivity contribution is 5.98. The van der Waals surface area contributed by atoms with Crippen LogP contribution in [-0.4, -0.2) is 65.9 Å². The molecular formula is C21H25FN4O2. The molecule has 1 fully saturated rings. The Morgan fingerprint density at radius 3 is 2.39 bits per heavy atom. The second-order valence-corrected chi connectivity index (χ2v) is 6.64. The number of halogens is 1. The molecule has 2 amide bonds. The highest BCUT2D eigenvalue weighted by Gasteiger charge is 2.25. The number of pyridine rings is 1. The summed E-state index contributed by atoms with van der Waals surface area (Å²) in [4.78, 5) is 34.9. The molecule has 1 aliphatic heterocycles. The van der Waals surface area contributed by atoms with Crippen molar-refractivity contribution in [1.29, 1.82) is 0 Å². The van der Waals surface area contributed by atoms with E-state index in [2.05, 4.69) is 4.98 Å². The van der Waals surface area contributed by atoms with E-state index in [-0.39, 0.29) is 23.3 Å². The summed E-state index contributed by atoms with van der Waals surface area (Å²) in [7, 11) is 0. The first-order valence-electron chi connectivity index (χ1n) is 9.59. The van der Waals surface area contributed by atoms with Crippen LogP contribution in [0.5, 0.6) is 0 Å². The number of para-hydroxylation sites is 1. The molecule has 7 heteroatoms. The Hall–Kier alpha value is -2.96. The van der Waals surface area contributed by atoms with Crippen molar-refractivity contribution in [2.75, 3.05) is 44.2 Å². The normalized spacial score (nSPS) is 14.1. The smallest absolute Gasteiger partial charge is 0.272 e. The second-order valence-electron chi connectivity index (χ2n) is 6.64. The molecule has 1 aromatic heterocycles. The van der Waals surface area contributed by atoms with Crippen LogP contribution in [0.2, 0.25) is 0 Å². The van der Waals surface area contributed by atoms with Gasteiger partial charge in [-0.2, -0.15) is 0 Å². The van der Waals surface area contributed by atoms with E-state index >= 15 is 0 Å². The topological polar surface area (TPSA) is 56.8 Å². The second kappa shape index (κ2) is 8.82. The summed E-state index contributed by atoms with van der Waals surface area (Å²) in [6, 6.07) is 9.85. The van der Waals surface area contributed by atoms with Gasteiger partial charge in [-0.25, -0.2) is 4.39 Å². The lowest BCUT2D eigenvalue weighted by molar-refractivity contribution is 0.0740. The van der Waals surface area contributed by atoms with E-state index in [4.69, 9.17) is 0 Å². The van der Waals surface area contributed by atoms with Gasteiger partial charge in [0.15, 0.2) is 0 Å². The minimum Gasteiger partial charge on any atom is -0.366 e. The first kappa shape index (κ1) is 19.8. The Labute approximate surface area is 164 Å². The zero-order chi connectivity index (χ0) is 20.1. The van der Waals surface area contributed by atoms with Crippen LogP contribution in [-0.2, 0) is 0 Å². The van der Waals surface area contributed by atoms with E-state index in [0.29, 0.717) is 50.5 Å². The van der Waals surface area contributed by atoms with Crippen molar-refractivity contribution in [2.24, 2.45) is 0 Å². The maximum absolute atomic E-state index is 14.0. The van der Waals surface area contributed by atoms with Gasteiger partial charge in [0.25, 0.3) is 11.8 Å². The van der Waals surface area contributed by atoms with Crippen LogP contribution < -0.4 is 4.90 Å². The molecule has 0 N–H and O–H groups in total. The number of amides is 2. The molecule has 1 saturated heterocycles. The number of nitrogens with zero attached hydrogens (tertiary/aromatic N) is 4. The van der Waals surface area contributed by atoms with Gasteiger partial charge in [0.1, 0.15) is 11.5 Å². The molecule has 28 heavy (non-hydrogen) atoms. The lowest BCUT2D eigenvalue weighted by atomic mass is 10.1. The number of hydrogen-bond donors (Lipinski definition) is 0. The van der Waals surface area contributed by atoms with Crippen LogP contribution in [0.1, 0.15) is 34.7 Å². The van der Waals surface area contributed by atoms with Crippen molar-refractivity contribution in [3.05, 3.63) is 59.7 Å². The number of carbonyl (C=O) groups is 2. The molecule has 0 aliphatic carbocycles. The SMILES string of the molecule is CCN(CC)C(=O)c1ccnc(C(=O)N2CCN(c3ccccc3F)CC2)c1. The molecule has 0 atom stereocenters. The molecule has 0 spiro atoms.